The SMILES string of the molecule is CCOC(=O)c1ccccc1NC(=O)c1ccc(OC(C)=O)cc1. The smallest absolute Gasteiger partial charge is 0.340 e. The summed E-state index contributed by atoms with van der Waals surface area (Å²) in [6.45, 7) is 3.26. The fourth-order valence-corrected chi connectivity index (χ4v) is 2.01. The number of anilines is 1. The molecule has 0 bridgehead atoms. The van der Waals surface area contributed by atoms with Crippen molar-refractivity contribution in [1.82, 2.24) is 0 Å². The average molecular weight is 327 g/mol. The molecule has 0 saturated heterocycles. The number of para-hydroxylation sites is 1. The molecule has 0 unspecified atom stereocenters. The van der Waals surface area contributed by atoms with Crippen LogP contribution in [0.2, 0.25) is 0 Å². The summed E-state index contributed by atoms with van der Waals surface area (Å²) < 4.78 is 9.88. The van der Waals surface area contributed by atoms with E-state index in [0.29, 0.717) is 17.0 Å². The first-order valence-corrected chi connectivity index (χ1v) is 7.37. The first-order chi connectivity index (χ1) is 11.5. The summed E-state index contributed by atoms with van der Waals surface area (Å²) in [5.41, 5.74) is 1.01. The summed E-state index contributed by atoms with van der Waals surface area (Å²) in [5, 5.41) is 2.68. The predicted molar refractivity (Wildman–Crippen MR) is 88.1 cm³/mol. The van der Waals surface area contributed by atoms with Gasteiger partial charge in [-0.05, 0) is 43.3 Å². The van der Waals surface area contributed by atoms with Crippen LogP contribution in [-0.4, -0.2) is 24.5 Å². The molecule has 0 aliphatic heterocycles. The van der Waals surface area contributed by atoms with Gasteiger partial charge in [0.2, 0.25) is 0 Å². The maximum Gasteiger partial charge on any atom is 0.340 e. The molecule has 0 aliphatic rings. The molecule has 2 aromatic carbocycles. The Balaban J connectivity index is 2.15. The van der Waals surface area contributed by atoms with Crippen LogP contribution in [0.25, 0.3) is 0 Å². The van der Waals surface area contributed by atoms with E-state index in [0.717, 1.165) is 0 Å². The molecule has 0 heterocycles. The molecule has 1 amide bonds. The van der Waals surface area contributed by atoms with Gasteiger partial charge in [-0.25, -0.2) is 4.79 Å². The topological polar surface area (TPSA) is 81.7 Å². The molecule has 0 saturated carbocycles. The molecule has 124 valence electrons. The lowest BCUT2D eigenvalue weighted by atomic mass is 10.1. The molecular formula is C18H17NO5. The number of nitrogens with one attached hydrogen (secondary N) is 1. The van der Waals surface area contributed by atoms with E-state index in [9.17, 15) is 14.4 Å². The minimum atomic E-state index is -0.501. The number of rotatable bonds is 5. The summed E-state index contributed by atoms with van der Waals surface area (Å²) in [7, 11) is 0. The minimum Gasteiger partial charge on any atom is -0.462 e. The number of carbonyl (C=O) groups excluding carboxylic acids is 3. The third kappa shape index (κ3) is 4.42. The Morgan fingerprint density at radius 3 is 2.29 bits per heavy atom. The highest BCUT2D eigenvalue weighted by Crippen LogP contribution is 2.18. The van der Waals surface area contributed by atoms with Gasteiger partial charge in [0.05, 0.1) is 17.9 Å². The van der Waals surface area contributed by atoms with Gasteiger partial charge in [-0.2, -0.15) is 0 Å². The minimum absolute atomic E-state index is 0.249. The Morgan fingerprint density at radius 2 is 1.67 bits per heavy atom. The maximum absolute atomic E-state index is 12.3. The molecule has 0 spiro atoms. The van der Waals surface area contributed by atoms with Crippen LogP contribution in [0.1, 0.15) is 34.6 Å². The lowest BCUT2D eigenvalue weighted by Crippen LogP contribution is -2.16. The van der Waals surface area contributed by atoms with Crippen LogP contribution in [-0.2, 0) is 9.53 Å². The third-order valence-electron chi connectivity index (χ3n) is 3.05. The molecule has 0 aliphatic carbocycles. The molecular weight excluding hydrogens is 310 g/mol. The summed E-state index contributed by atoms with van der Waals surface area (Å²) in [6.07, 6.45) is 0. The van der Waals surface area contributed by atoms with Crippen molar-refractivity contribution in [3.8, 4) is 5.75 Å². The van der Waals surface area contributed by atoms with Gasteiger partial charge in [-0.15, -0.1) is 0 Å². The molecule has 1 N–H and O–H groups in total. The number of benzene rings is 2. The highest BCUT2D eigenvalue weighted by atomic mass is 16.5. The van der Waals surface area contributed by atoms with Crippen molar-refractivity contribution in [1.29, 1.82) is 0 Å². The Morgan fingerprint density at radius 1 is 1.00 bits per heavy atom. The van der Waals surface area contributed by atoms with Crippen molar-refractivity contribution >= 4 is 23.5 Å². The predicted octanol–water partition coefficient (Wildman–Crippen LogP) is 3.04. The van der Waals surface area contributed by atoms with Crippen molar-refractivity contribution < 1.29 is 23.9 Å². The molecule has 0 fully saturated rings. The van der Waals surface area contributed by atoms with Crippen molar-refractivity contribution in [3.63, 3.8) is 0 Å². The van der Waals surface area contributed by atoms with Crippen LogP contribution in [0.15, 0.2) is 48.5 Å². The van der Waals surface area contributed by atoms with E-state index in [2.05, 4.69) is 5.32 Å². The van der Waals surface area contributed by atoms with E-state index in [1.54, 1.807) is 31.2 Å². The fourth-order valence-electron chi connectivity index (χ4n) is 2.01. The summed E-state index contributed by atoms with van der Waals surface area (Å²) >= 11 is 0. The summed E-state index contributed by atoms with van der Waals surface area (Å²) in [6, 6.07) is 12.7. The number of hydrogen-bond acceptors (Lipinski definition) is 5. The summed E-state index contributed by atoms with van der Waals surface area (Å²) in [5.74, 6) is -0.971. The maximum atomic E-state index is 12.3. The van der Waals surface area contributed by atoms with E-state index in [4.69, 9.17) is 9.47 Å². The van der Waals surface area contributed by atoms with Gasteiger partial charge in [0, 0.05) is 12.5 Å². The molecule has 2 rings (SSSR count). The molecule has 6 nitrogen and oxygen atoms in total. The Labute approximate surface area is 139 Å². The fraction of sp³-hybridized carbons (Fsp3) is 0.167. The van der Waals surface area contributed by atoms with Gasteiger partial charge in [-0.3, -0.25) is 9.59 Å². The standard InChI is InChI=1S/C18H17NO5/c1-3-23-18(22)15-6-4-5-7-16(15)19-17(21)13-8-10-14(11-9-13)24-12(2)20/h4-11H,3H2,1-2H3,(H,19,21). The van der Waals surface area contributed by atoms with Crippen LogP contribution >= 0.6 is 0 Å². The van der Waals surface area contributed by atoms with Gasteiger partial charge in [0.1, 0.15) is 5.75 Å². The number of esters is 2. The number of amides is 1. The zero-order valence-electron chi connectivity index (χ0n) is 13.4. The average Bonchev–Trinajstić information content (AvgIpc) is 2.55. The lowest BCUT2D eigenvalue weighted by molar-refractivity contribution is -0.131. The zero-order valence-corrected chi connectivity index (χ0v) is 13.4. The van der Waals surface area contributed by atoms with Gasteiger partial charge >= 0.3 is 11.9 Å². The van der Waals surface area contributed by atoms with E-state index < -0.39 is 11.9 Å². The molecule has 0 atom stereocenters. The first kappa shape index (κ1) is 17.2. The molecule has 2 aromatic rings. The number of ether oxygens (including phenoxy) is 2. The van der Waals surface area contributed by atoms with Crippen molar-refractivity contribution in [2.45, 2.75) is 13.8 Å². The van der Waals surface area contributed by atoms with Gasteiger partial charge in [0.15, 0.2) is 0 Å². The molecule has 24 heavy (non-hydrogen) atoms. The largest absolute Gasteiger partial charge is 0.462 e. The van der Waals surface area contributed by atoms with Crippen LogP contribution < -0.4 is 10.1 Å². The van der Waals surface area contributed by atoms with Gasteiger partial charge in [0.25, 0.3) is 5.91 Å². The van der Waals surface area contributed by atoms with Crippen LogP contribution in [0.3, 0.4) is 0 Å². The second kappa shape index (κ2) is 7.92. The lowest BCUT2D eigenvalue weighted by Gasteiger charge is -2.10. The van der Waals surface area contributed by atoms with E-state index in [1.807, 2.05) is 0 Å². The normalized spacial score (nSPS) is 9.92. The third-order valence-corrected chi connectivity index (χ3v) is 3.05. The van der Waals surface area contributed by atoms with E-state index in [1.165, 1.54) is 31.2 Å². The second-order valence-corrected chi connectivity index (χ2v) is 4.84. The van der Waals surface area contributed by atoms with Crippen LogP contribution in [0.5, 0.6) is 5.75 Å². The van der Waals surface area contributed by atoms with Crippen LogP contribution in [0.4, 0.5) is 5.69 Å². The quantitative estimate of drug-likeness (QED) is 0.674. The Bertz CT molecular complexity index is 752. The van der Waals surface area contributed by atoms with Crippen LogP contribution in [0, 0.1) is 0 Å². The van der Waals surface area contributed by atoms with E-state index in [-0.39, 0.29) is 18.1 Å². The highest BCUT2D eigenvalue weighted by Gasteiger charge is 2.15. The van der Waals surface area contributed by atoms with Gasteiger partial charge in [-0.1, -0.05) is 12.1 Å². The van der Waals surface area contributed by atoms with Crippen molar-refractivity contribution in [2.75, 3.05) is 11.9 Å². The number of carbonyl (C=O) groups is 3. The summed E-state index contributed by atoms with van der Waals surface area (Å²) in [4.78, 5) is 35.1. The number of hydrogen-bond donors (Lipinski definition) is 1. The Hall–Kier alpha value is -3.15. The molecule has 6 heteroatoms. The van der Waals surface area contributed by atoms with Crippen molar-refractivity contribution in [2.24, 2.45) is 0 Å². The highest BCUT2D eigenvalue weighted by molar-refractivity contribution is 6.08. The first-order valence-electron chi connectivity index (χ1n) is 7.37. The van der Waals surface area contributed by atoms with Crippen molar-refractivity contribution in [3.05, 3.63) is 59.7 Å². The molecule has 0 aromatic heterocycles. The Kier molecular flexibility index (Phi) is 5.68. The molecule has 0 radical (unpaired) electrons. The zero-order chi connectivity index (χ0) is 17.5. The van der Waals surface area contributed by atoms with E-state index >= 15 is 0 Å². The second-order valence-electron chi connectivity index (χ2n) is 4.84. The van der Waals surface area contributed by atoms with Gasteiger partial charge < -0.3 is 14.8 Å². The monoisotopic (exact) mass is 327 g/mol.